The number of nitrogens with zero attached hydrogens (tertiary/aromatic N) is 1. The number of nitrogens with one attached hydrogen (secondary N) is 1. The van der Waals surface area contributed by atoms with E-state index in [0.717, 1.165) is 22.8 Å². The first kappa shape index (κ1) is 20.8. The van der Waals surface area contributed by atoms with E-state index in [4.69, 9.17) is 0 Å². The first-order chi connectivity index (χ1) is 13.5. The first-order valence-electron chi connectivity index (χ1n) is 9.18. The van der Waals surface area contributed by atoms with Crippen molar-refractivity contribution < 1.29 is 17.6 Å². The van der Waals surface area contributed by atoms with Crippen molar-refractivity contribution in [3.8, 4) is 0 Å². The summed E-state index contributed by atoms with van der Waals surface area (Å²) in [5.74, 6) is -0.221. The average molecular weight is 423 g/mol. The molecule has 2 aromatic rings. The predicted molar refractivity (Wildman–Crippen MR) is 108 cm³/mol. The highest BCUT2D eigenvalue weighted by Crippen LogP contribution is 2.24. The predicted octanol–water partition coefficient (Wildman–Crippen LogP) is 3.13. The van der Waals surface area contributed by atoms with Gasteiger partial charge in [-0.1, -0.05) is 18.2 Å². The van der Waals surface area contributed by atoms with Crippen LogP contribution < -0.4 is 5.32 Å². The van der Waals surface area contributed by atoms with Crippen molar-refractivity contribution in [2.45, 2.75) is 22.6 Å². The molecule has 1 aliphatic heterocycles. The minimum Gasteiger partial charge on any atom is -0.355 e. The van der Waals surface area contributed by atoms with Crippen LogP contribution in [0.5, 0.6) is 0 Å². The Hall–Kier alpha value is -1.90. The molecule has 2 aromatic carbocycles. The molecule has 1 fully saturated rings. The van der Waals surface area contributed by atoms with E-state index < -0.39 is 15.8 Å². The number of hydrogen-bond donors (Lipinski definition) is 1. The quantitative estimate of drug-likeness (QED) is 0.550. The van der Waals surface area contributed by atoms with Gasteiger partial charge in [-0.2, -0.15) is 4.31 Å². The van der Waals surface area contributed by atoms with Gasteiger partial charge in [-0.15, -0.1) is 11.8 Å². The highest BCUT2D eigenvalue weighted by molar-refractivity contribution is 7.99. The van der Waals surface area contributed by atoms with Crippen LogP contribution in [0, 0.1) is 11.7 Å². The highest BCUT2D eigenvalue weighted by Gasteiger charge is 2.33. The van der Waals surface area contributed by atoms with Crippen LogP contribution in [0.4, 0.5) is 4.39 Å². The molecule has 28 heavy (non-hydrogen) atoms. The fourth-order valence-corrected chi connectivity index (χ4v) is 5.45. The molecule has 0 aromatic heterocycles. The molecule has 0 radical (unpaired) electrons. The molecule has 1 atom stereocenters. The number of amides is 1. The number of carbonyl (C=O) groups excluding carboxylic acids is 1. The molecule has 0 bridgehead atoms. The standard InChI is InChI=1S/C20H23FN2O3S2/c21-17-8-10-19(11-9-17)28(25,26)23-13-4-5-16(15-23)20(24)22-12-14-27-18-6-2-1-3-7-18/h1-3,6-11,16H,4-5,12-15H2,(H,22,24)/t16-/m0/s1. The van der Waals surface area contributed by atoms with Gasteiger partial charge in [-0.3, -0.25) is 4.79 Å². The van der Waals surface area contributed by atoms with Crippen molar-refractivity contribution in [1.29, 1.82) is 0 Å². The summed E-state index contributed by atoms with van der Waals surface area (Å²) in [6.07, 6.45) is 1.28. The van der Waals surface area contributed by atoms with E-state index in [1.54, 1.807) is 11.8 Å². The summed E-state index contributed by atoms with van der Waals surface area (Å²) in [4.78, 5) is 13.7. The Kier molecular flexibility index (Phi) is 7.09. The van der Waals surface area contributed by atoms with Crippen LogP contribution in [0.1, 0.15) is 12.8 Å². The summed E-state index contributed by atoms with van der Waals surface area (Å²) in [7, 11) is -3.72. The van der Waals surface area contributed by atoms with Crippen molar-refractivity contribution >= 4 is 27.7 Å². The van der Waals surface area contributed by atoms with Gasteiger partial charge in [0, 0.05) is 30.3 Å². The van der Waals surface area contributed by atoms with Crippen molar-refractivity contribution in [2.75, 3.05) is 25.4 Å². The van der Waals surface area contributed by atoms with E-state index in [2.05, 4.69) is 5.32 Å². The summed E-state index contributed by atoms with van der Waals surface area (Å²) in [5, 5.41) is 2.91. The van der Waals surface area contributed by atoms with Crippen LogP contribution in [-0.4, -0.2) is 44.0 Å². The van der Waals surface area contributed by atoms with Gasteiger partial charge in [0.25, 0.3) is 0 Å². The Labute approximate surface area is 169 Å². The Morgan fingerprint density at radius 2 is 1.86 bits per heavy atom. The maximum atomic E-state index is 13.1. The fourth-order valence-electron chi connectivity index (χ4n) is 3.13. The summed E-state index contributed by atoms with van der Waals surface area (Å²) in [6, 6.07) is 14.7. The Balaban J connectivity index is 1.52. The number of sulfonamides is 1. The van der Waals surface area contributed by atoms with E-state index in [-0.39, 0.29) is 23.3 Å². The van der Waals surface area contributed by atoms with E-state index in [1.165, 1.54) is 16.4 Å². The topological polar surface area (TPSA) is 66.5 Å². The molecule has 1 saturated heterocycles. The normalized spacial score (nSPS) is 18.0. The van der Waals surface area contributed by atoms with E-state index >= 15 is 0 Å². The zero-order valence-corrected chi connectivity index (χ0v) is 17.0. The third-order valence-electron chi connectivity index (χ3n) is 4.62. The fraction of sp³-hybridized carbons (Fsp3) is 0.350. The maximum absolute atomic E-state index is 13.1. The molecule has 0 unspecified atom stereocenters. The summed E-state index contributed by atoms with van der Waals surface area (Å²) in [5.41, 5.74) is 0. The van der Waals surface area contributed by atoms with Crippen LogP contribution in [0.3, 0.4) is 0 Å². The minimum absolute atomic E-state index is 0.0502. The molecule has 1 N–H and O–H groups in total. The number of piperidine rings is 1. The number of rotatable bonds is 7. The molecule has 1 heterocycles. The molecular formula is C20H23FN2O3S2. The molecule has 0 saturated carbocycles. The number of thioether (sulfide) groups is 1. The Bertz CT molecular complexity index is 889. The van der Waals surface area contributed by atoms with Gasteiger partial charge < -0.3 is 5.32 Å². The van der Waals surface area contributed by atoms with Crippen LogP contribution in [0.2, 0.25) is 0 Å². The van der Waals surface area contributed by atoms with Crippen LogP contribution in [0.25, 0.3) is 0 Å². The van der Waals surface area contributed by atoms with Gasteiger partial charge in [0.2, 0.25) is 15.9 Å². The van der Waals surface area contributed by atoms with Gasteiger partial charge in [0.1, 0.15) is 5.82 Å². The lowest BCUT2D eigenvalue weighted by atomic mass is 9.99. The summed E-state index contributed by atoms with van der Waals surface area (Å²) >= 11 is 1.66. The number of hydrogen-bond acceptors (Lipinski definition) is 4. The third-order valence-corrected chi connectivity index (χ3v) is 7.51. The number of halogens is 1. The van der Waals surface area contributed by atoms with E-state index in [1.807, 2.05) is 30.3 Å². The number of carbonyl (C=O) groups is 1. The summed E-state index contributed by atoms with van der Waals surface area (Å²) < 4.78 is 39.9. The van der Waals surface area contributed by atoms with Gasteiger partial charge in [0.15, 0.2) is 0 Å². The molecule has 5 nitrogen and oxygen atoms in total. The lowest BCUT2D eigenvalue weighted by Gasteiger charge is -2.31. The van der Waals surface area contributed by atoms with Crippen molar-refractivity contribution in [3.63, 3.8) is 0 Å². The average Bonchev–Trinajstić information content (AvgIpc) is 2.72. The largest absolute Gasteiger partial charge is 0.355 e. The van der Waals surface area contributed by atoms with E-state index in [0.29, 0.717) is 25.9 Å². The van der Waals surface area contributed by atoms with Crippen LogP contribution in [-0.2, 0) is 14.8 Å². The molecule has 8 heteroatoms. The molecule has 1 amide bonds. The van der Waals surface area contributed by atoms with Gasteiger partial charge in [-0.05, 0) is 49.2 Å². The maximum Gasteiger partial charge on any atom is 0.243 e. The molecule has 3 rings (SSSR count). The second kappa shape index (κ2) is 9.54. The molecule has 1 aliphatic rings. The smallest absolute Gasteiger partial charge is 0.243 e. The van der Waals surface area contributed by atoms with Gasteiger partial charge in [0.05, 0.1) is 10.8 Å². The number of benzene rings is 2. The lowest BCUT2D eigenvalue weighted by Crippen LogP contribution is -2.45. The van der Waals surface area contributed by atoms with Crippen LogP contribution in [0.15, 0.2) is 64.4 Å². The second-order valence-electron chi connectivity index (χ2n) is 6.61. The van der Waals surface area contributed by atoms with Crippen molar-refractivity contribution in [2.24, 2.45) is 5.92 Å². The third kappa shape index (κ3) is 5.33. The van der Waals surface area contributed by atoms with Crippen molar-refractivity contribution in [3.05, 3.63) is 60.4 Å². The zero-order chi connectivity index (χ0) is 20.0. The van der Waals surface area contributed by atoms with Crippen molar-refractivity contribution in [1.82, 2.24) is 9.62 Å². The molecular weight excluding hydrogens is 399 g/mol. The first-order valence-corrected chi connectivity index (χ1v) is 11.6. The Morgan fingerprint density at radius 1 is 1.14 bits per heavy atom. The second-order valence-corrected chi connectivity index (χ2v) is 9.71. The van der Waals surface area contributed by atoms with Gasteiger partial charge in [-0.25, -0.2) is 12.8 Å². The lowest BCUT2D eigenvalue weighted by molar-refractivity contribution is -0.125. The van der Waals surface area contributed by atoms with Gasteiger partial charge >= 0.3 is 0 Å². The van der Waals surface area contributed by atoms with E-state index in [9.17, 15) is 17.6 Å². The SMILES string of the molecule is O=C(NCCSc1ccccc1)[C@H]1CCCN(S(=O)(=O)c2ccc(F)cc2)C1. The Morgan fingerprint density at radius 3 is 2.57 bits per heavy atom. The highest BCUT2D eigenvalue weighted by atomic mass is 32.2. The minimum atomic E-state index is -3.72. The zero-order valence-electron chi connectivity index (χ0n) is 15.4. The molecule has 0 aliphatic carbocycles. The molecule has 150 valence electrons. The van der Waals surface area contributed by atoms with Crippen LogP contribution >= 0.6 is 11.8 Å². The molecule has 0 spiro atoms. The monoisotopic (exact) mass is 422 g/mol. The summed E-state index contributed by atoms with van der Waals surface area (Å²) in [6.45, 7) is 1.05.